The Hall–Kier alpha value is -3.50. The van der Waals surface area contributed by atoms with Crippen LogP contribution in [0.25, 0.3) is 16.6 Å². The topological polar surface area (TPSA) is 116 Å². The van der Waals surface area contributed by atoms with Gasteiger partial charge in [-0.05, 0) is 54.9 Å². The molecule has 0 bridgehead atoms. The van der Waals surface area contributed by atoms with E-state index in [9.17, 15) is 13.4 Å². The highest BCUT2D eigenvalue weighted by Gasteiger charge is 2.20. The van der Waals surface area contributed by atoms with E-state index in [2.05, 4.69) is 20.4 Å². The fraction of sp³-hybridized carbons (Fsp3) is 0.182. The van der Waals surface area contributed by atoms with Crippen molar-refractivity contribution in [2.75, 3.05) is 12.8 Å². The largest absolute Gasteiger partial charge is 0.345 e. The molecule has 2 atom stereocenters. The third-order valence-electron chi connectivity index (χ3n) is 5.03. The summed E-state index contributed by atoms with van der Waals surface area (Å²) in [5, 5.41) is 8.39. The molecule has 0 aliphatic rings. The van der Waals surface area contributed by atoms with E-state index in [0.29, 0.717) is 40.1 Å². The molecule has 0 saturated heterocycles. The summed E-state index contributed by atoms with van der Waals surface area (Å²) in [7, 11) is -1.24. The lowest BCUT2D eigenvalue weighted by Gasteiger charge is -2.19. The summed E-state index contributed by atoms with van der Waals surface area (Å²) < 4.78 is 26.7. The molecule has 0 saturated carbocycles. The molecule has 0 spiro atoms. The second-order valence-corrected chi connectivity index (χ2v) is 8.46. The van der Waals surface area contributed by atoms with E-state index in [-0.39, 0.29) is 17.8 Å². The number of nitrogens with zero attached hydrogens (tertiary/aromatic N) is 4. The lowest BCUT2D eigenvalue weighted by atomic mass is 10.0. The van der Waals surface area contributed by atoms with Crippen molar-refractivity contribution < 1.29 is 13.4 Å². The molecule has 0 radical (unpaired) electrons. The van der Waals surface area contributed by atoms with Crippen molar-refractivity contribution in [1.29, 1.82) is 0 Å². The fourth-order valence-electron chi connectivity index (χ4n) is 3.43. The number of hydrogen-bond acceptors (Lipinski definition) is 6. The van der Waals surface area contributed by atoms with Gasteiger partial charge in [0.2, 0.25) is 0 Å². The number of carbonyl (C=O) groups excluding carboxylic acids is 1. The van der Waals surface area contributed by atoms with Gasteiger partial charge in [0.1, 0.15) is 10.8 Å². The Morgan fingerprint density at radius 2 is 2.00 bits per heavy atom. The van der Waals surface area contributed by atoms with Crippen molar-refractivity contribution in [3.63, 3.8) is 0 Å². The molecule has 10 heteroatoms. The Morgan fingerprint density at radius 1 is 1.22 bits per heavy atom. The minimum absolute atomic E-state index is 0.337. The van der Waals surface area contributed by atoms with Crippen LogP contribution in [0.3, 0.4) is 0 Å². The predicted octanol–water partition coefficient (Wildman–Crippen LogP) is 2.51. The normalized spacial score (nSPS) is 13.1. The summed E-state index contributed by atoms with van der Waals surface area (Å²) in [6.45, 7) is 0.350. The van der Waals surface area contributed by atoms with Crippen LogP contribution in [0.1, 0.15) is 28.4 Å². The van der Waals surface area contributed by atoms with E-state index in [1.807, 2.05) is 0 Å². The molecule has 3 heterocycles. The summed E-state index contributed by atoms with van der Waals surface area (Å²) in [6, 6.07) is 8.98. The number of nitrogens with two attached hydrogens (primary N) is 1. The van der Waals surface area contributed by atoms with E-state index in [4.69, 9.17) is 5.73 Å². The number of carbonyl (C=O) groups is 1. The number of rotatable bonds is 7. The monoisotopic (exact) mass is 452 g/mol. The molecule has 164 valence electrons. The van der Waals surface area contributed by atoms with Crippen molar-refractivity contribution in [2.24, 2.45) is 5.73 Å². The van der Waals surface area contributed by atoms with Crippen LogP contribution < -0.4 is 11.1 Å². The number of halogens is 1. The van der Waals surface area contributed by atoms with Crippen LogP contribution in [0.5, 0.6) is 0 Å². The van der Waals surface area contributed by atoms with Crippen molar-refractivity contribution in [3.8, 4) is 5.69 Å². The molecule has 2 unspecified atom stereocenters. The lowest BCUT2D eigenvalue weighted by molar-refractivity contribution is 0.0936. The number of pyridine rings is 2. The Morgan fingerprint density at radius 3 is 2.72 bits per heavy atom. The SMILES string of the molecule is CS(=O)c1cc(C(CCN)NC(=O)c2cncc3c2cnn3-c2ccc(F)cc2)ccn1. The highest BCUT2D eigenvalue weighted by Crippen LogP contribution is 2.23. The third-order valence-corrected chi connectivity index (χ3v) is 5.84. The number of nitrogens with one attached hydrogen (secondary N) is 1. The summed E-state index contributed by atoms with van der Waals surface area (Å²) in [4.78, 5) is 21.5. The third kappa shape index (κ3) is 4.41. The van der Waals surface area contributed by atoms with Gasteiger partial charge in [-0.15, -0.1) is 0 Å². The van der Waals surface area contributed by atoms with Gasteiger partial charge in [0.25, 0.3) is 5.91 Å². The first kappa shape index (κ1) is 21.7. The van der Waals surface area contributed by atoms with Gasteiger partial charge in [0, 0.05) is 24.0 Å². The van der Waals surface area contributed by atoms with Crippen LogP contribution in [-0.4, -0.2) is 42.7 Å². The van der Waals surface area contributed by atoms with E-state index in [1.54, 1.807) is 53.8 Å². The second-order valence-electron chi connectivity index (χ2n) is 7.14. The van der Waals surface area contributed by atoms with Gasteiger partial charge in [-0.2, -0.15) is 5.10 Å². The van der Waals surface area contributed by atoms with Gasteiger partial charge in [0.15, 0.2) is 0 Å². The molecule has 32 heavy (non-hydrogen) atoms. The van der Waals surface area contributed by atoms with Crippen molar-refractivity contribution in [1.82, 2.24) is 25.1 Å². The average Bonchev–Trinajstić information content (AvgIpc) is 3.23. The molecule has 1 aromatic carbocycles. The number of fused-ring (bicyclic) bond motifs is 1. The molecule has 4 rings (SSSR count). The molecular weight excluding hydrogens is 431 g/mol. The zero-order valence-corrected chi connectivity index (χ0v) is 18.1. The Labute approximate surface area is 186 Å². The number of benzene rings is 1. The van der Waals surface area contributed by atoms with E-state index in [1.165, 1.54) is 18.3 Å². The smallest absolute Gasteiger partial charge is 0.254 e. The van der Waals surface area contributed by atoms with Crippen LogP contribution >= 0.6 is 0 Å². The van der Waals surface area contributed by atoms with Crippen molar-refractivity contribution >= 4 is 27.6 Å². The summed E-state index contributed by atoms with van der Waals surface area (Å²) >= 11 is 0. The van der Waals surface area contributed by atoms with Crippen LogP contribution in [0.4, 0.5) is 4.39 Å². The maximum Gasteiger partial charge on any atom is 0.254 e. The van der Waals surface area contributed by atoms with Gasteiger partial charge >= 0.3 is 0 Å². The summed E-state index contributed by atoms with van der Waals surface area (Å²) in [6.07, 6.45) is 8.27. The highest BCUT2D eigenvalue weighted by atomic mass is 32.2. The molecule has 0 aliphatic carbocycles. The summed E-state index contributed by atoms with van der Waals surface area (Å²) in [5.41, 5.74) is 8.16. The minimum atomic E-state index is -1.24. The van der Waals surface area contributed by atoms with Crippen LogP contribution in [0, 0.1) is 5.82 Å². The molecule has 3 aromatic heterocycles. The second kappa shape index (κ2) is 9.33. The Kier molecular flexibility index (Phi) is 6.33. The predicted molar refractivity (Wildman–Crippen MR) is 119 cm³/mol. The van der Waals surface area contributed by atoms with E-state index in [0.717, 1.165) is 5.56 Å². The lowest BCUT2D eigenvalue weighted by Crippen LogP contribution is -2.30. The Balaban J connectivity index is 1.66. The number of hydrogen-bond donors (Lipinski definition) is 2. The molecule has 0 aliphatic heterocycles. The first-order chi connectivity index (χ1) is 15.5. The molecule has 1 amide bonds. The van der Waals surface area contributed by atoms with Gasteiger partial charge in [-0.3, -0.25) is 14.0 Å². The Bertz CT molecular complexity index is 1290. The summed E-state index contributed by atoms with van der Waals surface area (Å²) in [5.74, 6) is -0.684. The highest BCUT2D eigenvalue weighted by molar-refractivity contribution is 7.84. The maximum absolute atomic E-state index is 13.3. The van der Waals surface area contributed by atoms with Gasteiger partial charge in [-0.1, -0.05) is 0 Å². The van der Waals surface area contributed by atoms with Gasteiger partial charge in [0.05, 0.1) is 46.0 Å². The molecule has 4 aromatic rings. The van der Waals surface area contributed by atoms with Gasteiger partial charge in [-0.25, -0.2) is 14.1 Å². The first-order valence-corrected chi connectivity index (χ1v) is 11.4. The number of amides is 1. The maximum atomic E-state index is 13.3. The first-order valence-electron chi connectivity index (χ1n) is 9.86. The van der Waals surface area contributed by atoms with Crippen LogP contribution in [-0.2, 0) is 10.8 Å². The number of aromatic nitrogens is 4. The van der Waals surface area contributed by atoms with E-state index < -0.39 is 10.8 Å². The van der Waals surface area contributed by atoms with Gasteiger partial charge < -0.3 is 11.1 Å². The zero-order valence-electron chi connectivity index (χ0n) is 17.2. The zero-order chi connectivity index (χ0) is 22.7. The average molecular weight is 453 g/mol. The van der Waals surface area contributed by atoms with Crippen LogP contribution in [0.2, 0.25) is 0 Å². The molecule has 0 fully saturated rings. The quantitative estimate of drug-likeness (QED) is 0.445. The minimum Gasteiger partial charge on any atom is -0.345 e. The molecule has 8 nitrogen and oxygen atoms in total. The van der Waals surface area contributed by atoms with E-state index >= 15 is 0 Å². The van der Waals surface area contributed by atoms with Crippen LogP contribution in [0.15, 0.2) is 66.2 Å². The van der Waals surface area contributed by atoms with Crippen molar-refractivity contribution in [2.45, 2.75) is 17.5 Å². The fourth-order valence-corrected chi connectivity index (χ4v) is 3.95. The molecule has 3 N–H and O–H groups in total. The van der Waals surface area contributed by atoms with Crippen molar-refractivity contribution in [3.05, 3.63) is 78.1 Å². The standard InChI is InChI=1S/C22H21FN6O2S/c1-32(31)21-10-14(7-9-26-21)19(6-8-24)28-22(30)18-11-25-13-20-17(18)12-27-29(20)16-4-2-15(23)3-5-16/h2-5,7,9-13,19H,6,8,24H2,1H3,(H,28,30). The molecular formula is C22H21FN6O2S.